The molecule has 5 heteroatoms. The number of fused-ring (bicyclic) bond motifs is 1. The maximum Gasteiger partial charge on any atom is 0.157 e. The second-order valence-electron chi connectivity index (χ2n) is 4.69. The predicted octanol–water partition coefficient (Wildman–Crippen LogP) is 2.88. The van der Waals surface area contributed by atoms with Crippen LogP contribution >= 0.6 is 11.8 Å². The molecule has 3 heterocycles. The topological polar surface area (TPSA) is 33.4 Å². The second kappa shape index (κ2) is 4.31. The predicted molar refractivity (Wildman–Crippen MR) is 76.0 cm³/mol. The Balaban J connectivity index is 2.08. The molecule has 0 radical (unpaired) electrons. The summed E-state index contributed by atoms with van der Waals surface area (Å²) in [6.45, 7) is 2.16. The van der Waals surface area contributed by atoms with Crippen molar-refractivity contribution in [2.75, 3.05) is 19.0 Å². The van der Waals surface area contributed by atoms with E-state index in [4.69, 9.17) is 4.98 Å². The highest BCUT2D eigenvalue weighted by molar-refractivity contribution is 8.03. The molecule has 2 aromatic rings. The molecule has 1 unspecified atom stereocenters. The Morgan fingerprint density at radius 3 is 2.94 bits per heavy atom. The molecule has 94 valence electrons. The molecule has 0 aliphatic carbocycles. The monoisotopic (exact) mass is 260 g/mol. The smallest absolute Gasteiger partial charge is 0.157 e. The molecule has 0 saturated heterocycles. The quantitative estimate of drug-likeness (QED) is 0.831. The van der Waals surface area contributed by atoms with Crippen LogP contribution in [0.2, 0.25) is 0 Å². The maximum absolute atomic E-state index is 4.71. The van der Waals surface area contributed by atoms with Crippen molar-refractivity contribution >= 4 is 23.2 Å². The lowest BCUT2D eigenvalue weighted by Gasteiger charge is -2.17. The minimum absolute atomic E-state index is 0.448. The number of aromatic nitrogens is 3. The minimum atomic E-state index is 0.448. The molecule has 0 aromatic carbocycles. The normalized spacial score (nSPS) is 19.3. The van der Waals surface area contributed by atoms with Crippen molar-refractivity contribution in [3.63, 3.8) is 0 Å². The van der Waals surface area contributed by atoms with Gasteiger partial charge in [-0.15, -0.1) is 11.8 Å². The van der Waals surface area contributed by atoms with Gasteiger partial charge in [-0.3, -0.25) is 0 Å². The van der Waals surface area contributed by atoms with Crippen molar-refractivity contribution < 1.29 is 0 Å². The Morgan fingerprint density at radius 2 is 2.28 bits per heavy atom. The first-order chi connectivity index (χ1) is 8.65. The van der Waals surface area contributed by atoms with Gasteiger partial charge in [-0.25, -0.2) is 4.98 Å². The summed E-state index contributed by atoms with van der Waals surface area (Å²) in [5, 5.41) is 4.76. The Hall–Kier alpha value is -1.49. The first-order valence-corrected chi connectivity index (χ1v) is 6.88. The van der Waals surface area contributed by atoms with E-state index in [1.54, 1.807) is 6.20 Å². The Labute approximate surface area is 111 Å². The van der Waals surface area contributed by atoms with Crippen molar-refractivity contribution in [3.8, 4) is 0 Å². The number of thioether (sulfide) groups is 1. The molecule has 1 aliphatic rings. The van der Waals surface area contributed by atoms with E-state index in [0.717, 1.165) is 23.6 Å². The van der Waals surface area contributed by atoms with Gasteiger partial charge in [0, 0.05) is 26.2 Å². The third-order valence-corrected chi connectivity index (χ3v) is 4.35. The van der Waals surface area contributed by atoms with Crippen LogP contribution in [-0.4, -0.2) is 28.7 Å². The van der Waals surface area contributed by atoms with Crippen molar-refractivity contribution in [1.29, 1.82) is 0 Å². The standard InChI is InChI=1S/C13H16N4S/c1-9-4-5-11(18-9)10-8-13(16(2)3)17-12(15-10)6-7-14-17/h4,6-8,11H,5H2,1-3H3. The third kappa shape index (κ3) is 1.88. The number of rotatable bonds is 2. The van der Waals surface area contributed by atoms with Gasteiger partial charge in [0.05, 0.1) is 17.1 Å². The van der Waals surface area contributed by atoms with Crippen LogP contribution in [0.1, 0.15) is 24.3 Å². The van der Waals surface area contributed by atoms with Gasteiger partial charge in [0.1, 0.15) is 5.82 Å². The molecule has 18 heavy (non-hydrogen) atoms. The van der Waals surface area contributed by atoms with Crippen LogP contribution < -0.4 is 4.90 Å². The lowest BCUT2D eigenvalue weighted by atomic mass is 10.2. The summed E-state index contributed by atoms with van der Waals surface area (Å²) in [7, 11) is 4.07. The SMILES string of the molecule is CC1=CCC(c2cc(N(C)C)n3nccc3n2)S1. The Kier molecular flexibility index (Phi) is 2.78. The van der Waals surface area contributed by atoms with E-state index in [1.807, 2.05) is 36.4 Å². The van der Waals surface area contributed by atoms with Gasteiger partial charge in [0.25, 0.3) is 0 Å². The van der Waals surface area contributed by atoms with Crippen LogP contribution in [0.25, 0.3) is 5.65 Å². The van der Waals surface area contributed by atoms with E-state index in [0.29, 0.717) is 5.25 Å². The Morgan fingerprint density at radius 1 is 1.44 bits per heavy atom. The lowest BCUT2D eigenvalue weighted by Crippen LogP contribution is -2.15. The first-order valence-electron chi connectivity index (χ1n) is 6.00. The van der Waals surface area contributed by atoms with Gasteiger partial charge in [-0.1, -0.05) is 6.08 Å². The van der Waals surface area contributed by atoms with Crippen LogP contribution in [0.3, 0.4) is 0 Å². The van der Waals surface area contributed by atoms with Crippen LogP contribution in [0.5, 0.6) is 0 Å². The average Bonchev–Trinajstić information content (AvgIpc) is 2.95. The lowest BCUT2D eigenvalue weighted by molar-refractivity contribution is 0.860. The molecule has 1 aliphatic heterocycles. The van der Waals surface area contributed by atoms with Gasteiger partial charge < -0.3 is 4.90 Å². The van der Waals surface area contributed by atoms with Crippen molar-refractivity contribution in [3.05, 3.63) is 35.0 Å². The van der Waals surface area contributed by atoms with E-state index in [-0.39, 0.29) is 0 Å². The molecular weight excluding hydrogens is 244 g/mol. The van der Waals surface area contributed by atoms with Gasteiger partial charge in [0.15, 0.2) is 5.65 Å². The number of anilines is 1. The van der Waals surface area contributed by atoms with Crippen LogP contribution in [0.15, 0.2) is 29.3 Å². The van der Waals surface area contributed by atoms with Crippen molar-refractivity contribution in [2.45, 2.75) is 18.6 Å². The molecular formula is C13H16N4S. The largest absolute Gasteiger partial charge is 0.363 e. The second-order valence-corrected chi connectivity index (χ2v) is 6.14. The van der Waals surface area contributed by atoms with E-state index >= 15 is 0 Å². The summed E-state index contributed by atoms with van der Waals surface area (Å²) >= 11 is 1.90. The zero-order chi connectivity index (χ0) is 12.7. The van der Waals surface area contributed by atoms with Crippen LogP contribution in [-0.2, 0) is 0 Å². The van der Waals surface area contributed by atoms with Gasteiger partial charge >= 0.3 is 0 Å². The molecule has 3 rings (SSSR count). The molecule has 0 spiro atoms. The number of allylic oxidation sites excluding steroid dienone is 2. The van der Waals surface area contributed by atoms with Gasteiger partial charge in [0.2, 0.25) is 0 Å². The number of nitrogens with zero attached hydrogens (tertiary/aromatic N) is 4. The summed E-state index contributed by atoms with van der Waals surface area (Å²) < 4.78 is 1.88. The fourth-order valence-electron chi connectivity index (χ4n) is 2.17. The first kappa shape index (κ1) is 11.6. The molecule has 4 nitrogen and oxygen atoms in total. The van der Waals surface area contributed by atoms with E-state index < -0.39 is 0 Å². The molecule has 0 N–H and O–H groups in total. The Bertz CT molecular complexity index is 614. The fraction of sp³-hybridized carbons (Fsp3) is 0.385. The molecule has 0 fully saturated rings. The summed E-state index contributed by atoms with van der Waals surface area (Å²) in [5.41, 5.74) is 2.06. The van der Waals surface area contributed by atoms with E-state index in [9.17, 15) is 0 Å². The molecule has 1 atom stereocenters. The summed E-state index contributed by atoms with van der Waals surface area (Å²) in [6.07, 6.45) is 5.15. The van der Waals surface area contributed by atoms with Gasteiger partial charge in [-0.05, 0) is 18.2 Å². The molecule has 0 amide bonds. The summed E-state index contributed by atoms with van der Waals surface area (Å²) in [5.74, 6) is 1.07. The summed E-state index contributed by atoms with van der Waals surface area (Å²) in [6, 6.07) is 4.10. The zero-order valence-corrected chi connectivity index (χ0v) is 11.6. The molecule has 0 bridgehead atoms. The van der Waals surface area contributed by atoms with Crippen LogP contribution in [0.4, 0.5) is 5.82 Å². The minimum Gasteiger partial charge on any atom is -0.363 e. The molecule has 2 aromatic heterocycles. The maximum atomic E-state index is 4.71. The van der Waals surface area contributed by atoms with E-state index in [1.165, 1.54) is 4.91 Å². The highest BCUT2D eigenvalue weighted by Gasteiger charge is 2.20. The molecule has 0 saturated carbocycles. The van der Waals surface area contributed by atoms with Crippen LogP contribution in [0, 0.1) is 0 Å². The summed E-state index contributed by atoms with van der Waals surface area (Å²) in [4.78, 5) is 8.18. The highest BCUT2D eigenvalue weighted by Crippen LogP contribution is 2.43. The average molecular weight is 260 g/mol. The van der Waals surface area contributed by atoms with Gasteiger partial charge in [-0.2, -0.15) is 9.61 Å². The third-order valence-electron chi connectivity index (χ3n) is 3.10. The van der Waals surface area contributed by atoms with E-state index in [2.05, 4.69) is 29.1 Å². The fourth-order valence-corrected chi connectivity index (χ4v) is 3.25. The number of hydrogen-bond donors (Lipinski definition) is 0. The zero-order valence-electron chi connectivity index (χ0n) is 10.8. The number of hydrogen-bond acceptors (Lipinski definition) is 4. The van der Waals surface area contributed by atoms with Crippen molar-refractivity contribution in [2.24, 2.45) is 0 Å². The van der Waals surface area contributed by atoms with Crippen molar-refractivity contribution in [1.82, 2.24) is 14.6 Å². The highest BCUT2D eigenvalue weighted by atomic mass is 32.2.